The predicted molar refractivity (Wildman–Crippen MR) is 85.0 cm³/mol. The molecule has 0 fully saturated rings. The summed E-state index contributed by atoms with van der Waals surface area (Å²) in [5.74, 6) is 0. The maximum Gasteiger partial charge on any atom is 0.505 e. The Hall–Kier alpha value is -0.823. The fourth-order valence-corrected chi connectivity index (χ4v) is 4.69. The second-order valence-electron chi connectivity index (χ2n) is 5.07. The number of alkyl halides is 2. The molecular formula is C16H26F2O3Si. The SMILES string of the molecule is CCCO[Si](Cc1ccccc1)(OCCC)OCCC(F)F. The van der Waals surface area contributed by atoms with Crippen LogP contribution in [0.5, 0.6) is 0 Å². The van der Waals surface area contributed by atoms with Gasteiger partial charge in [0.05, 0.1) is 0 Å². The maximum atomic E-state index is 12.4. The molecule has 1 aromatic rings. The maximum absolute atomic E-state index is 12.4. The second kappa shape index (κ2) is 10.8. The van der Waals surface area contributed by atoms with Crippen molar-refractivity contribution >= 4 is 8.80 Å². The van der Waals surface area contributed by atoms with Gasteiger partial charge in [0.2, 0.25) is 6.43 Å². The van der Waals surface area contributed by atoms with E-state index < -0.39 is 15.2 Å². The highest BCUT2D eigenvalue weighted by molar-refractivity contribution is 6.60. The molecular weight excluding hydrogens is 306 g/mol. The molecule has 0 aromatic heterocycles. The molecule has 0 spiro atoms. The first-order valence-electron chi connectivity index (χ1n) is 7.86. The van der Waals surface area contributed by atoms with Gasteiger partial charge in [0.25, 0.3) is 0 Å². The Kier molecular flexibility index (Phi) is 9.46. The lowest BCUT2D eigenvalue weighted by molar-refractivity contribution is 0.0397. The van der Waals surface area contributed by atoms with Gasteiger partial charge < -0.3 is 13.3 Å². The van der Waals surface area contributed by atoms with Gasteiger partial charge >= 0.3 is 8.80 Å². The largest absolute Gasteiger partial charge is 0.505 e. The van der Waals surface area contributed by atoms with E-state index in [2.05, 4.69) is 0 Å². The van der Waals surface area contributed by atoms with Crippen LogP contribution in [0, 0.1) is 0 Å². The summed E-state index contributed by atoms with van der Waals surface area (Å²) in [6, 6.07) is 10.3. The van der Waals surface area contributed by atoms with Crippen LogP contribution in [-0.4, -0.2) is 35.1 Å². The van der Waals surface area contributed by atoms with E-state index in [4.69, 9.17) is 13.3 Å². The zero-order valence-corrected chi connectivity index (χ0v) is 14.4. The Morgan fingerprint density at radius 3 is 1.95 bits per heavy atom. The molecule has 6 heteroatoms. The topological polar surface area (TPSA) is 27.7 Å². The summed E-state index contributed by atoms with van der Waals surface area (Å²) in [5.41, 5.74) is 1.04. The number of halogens is 2. The Bertz CT molecular complexity index is 382. The van der Waals surface area contributed by atoms with E-state index >= 15 is 0 Å². The standard InChI is InChI=1S/C16H26F2O3Si/c1-3-11-19-22(20-12-4-2,21-13-10-16(17)18)14-15-8-6-5-7-9-15/h5-9,16H,3-4,10-14H2,1-2H3. The lowest BCUT2D eigenvalue weighted by Crippen LogP contribution is -2.49. The molecule has 0 aliphatic heterocycles. The fraction of sp³-hybridized carbons (Fsp3) is 0.625. The van der Waals surface area contributed by atoms with E-state index in [9.17, 15) is 8.78 Å². The van der Waals surface area contributed by atoms with E-state index in [0.29, 0.717) is 19.3 Å². The van der Waals surface area contributed by atoms with Gasteiger partial charge in [-0.3, -0.25) is 0 Å². The normalized spacial score (nSPS) is 12.0. The predicted octanol–water partition coefficient (Wildman–Crippen LogP) is 4.23. The van der Waals surface area contributed by atoms with Crippen LogP contribution in [0.15, 0.2) is 30.3 Å². The average Bonchev–Trinajstić information content (AvgIpc) is 2.51. The first kappa shape index (κ1) is 19.2. The monoisotopic (exact) mass is 332 g/mol. The van der Waals surface area contributed by atoms with Crippen molar-refractivity contribution in [2.75, 3.05) is 19.8 Å². The molecule has 0 atom stereocenters. The van der Waals surface area contributed by atoms with E-state index in [-0.39, 0.29) is 13.0 Å². The molecule has 1 rings (SSSR count). The van der Waals surface area contributed by atoms with Gasteiger partial charge in [-0.25, -0.2) is 8.78 Å². The van der Waals surface area contributed by atoms with Gasteiger partial charge in [-0.05, 0) is 18.4 Å². The van der Waals surface area contributed by atoms with Crippen LogP contribution < -0.4 is 0 Å². The fourth-order valence-electron chi connectivity index (χ4n) is 1.94. The zero-order valence-electron chi connectivity index (χ0n) is 13.4. The zero-order chi connectivity index (χ0) is 16.3. The van der Waals surface area contributed by atoms with Crippen molar-refractivity contribution in [2.45, 2.75) is 45.6 Å². The minimum Gasteiger partial charge on any atom is -0.373 e. The first-order chi connectivity index (χ1) is 10.6. The van der Waals surface area contributed by atoms with E-state index in [1.165, 1.54) is 0 Å². The van der Waals surface area contributed by atoms with Crippen molar-refractivity contribution in [2.24, 2.45) is 0 Å². The highest BCUT2D eigenvalue weighted by Crippen LogP contribution is 2.19. The van der Waals surface area contributed by atoms with Crippen LogP contribution in [0.4, 0.5) is 8.78 Å². The summed E-state index contributed by atoms with van der Waals surface area (Å²) in [4.78, 5) is 0. The van der Waals surface area contributed by atoms with Crippen molar-refractivity contribution < 1.29 is 22.1 Å². The van der Waals surface area contributed by atoms with Gasteiger partial charge in [0.1, 0.15) is 0 Å². The molecule has 0 bridgehead atoms. The summed E-state index contributed by atoms with van der Waals surface area (Å²) in [6.45, 7) is 4.99. The lowest BCUT2D eigenvalue weighted by Gasteiger charge is -2.29. The Labute approximate surface area is 133 Å². The summed E-state index contributed by atoms with van der Waals surface area (Å²) in [5, 5.41) is 0. The Morgan fingerprint density at radius 2 is 1.45 bits per heavy atom. The quantitative estimate of drug-likeness (QED) is 0.536. The van der Waals surface area contributed by atoms with E-state index in [0.717, 1.165) is 18.4 Å². The van der Waals surface area contributed by atoms with Gasteiger partial charge in [0, 0.05) is 32.3 Å². The molecule has 0 saturated heterocycles. The van der Waals surface area contributed by atoms with E-state index in [1.807, 2.05) is 44.2 Å². The van der Waals surface area contributed by atoms with Crippen LogP contribution in [0.3, 0.4) is 0 Å². The summed E-state index contributed by atoms with van der Waals surface area (Å²) in [7, 11) is -2.98. The van der Waals surface area contributed by atoms with Crippen molar-refractivity contribution in [1.82, 2.24) is 0 Å². The van der Waals surface area contributed by atoms with Crippen LogP contribution in [0.25, 0.3) is 0 Å². The molecule has 0 unspecified atom stereocenters. The highest BCUT2D eigenvalue weighted by atomic mass is 28.4. The highest BCUT2D eigenvalue weighted by Gasteiger charge is 2.41. The lowest BCUT2D eigenvalue weighted by atomic mass is 10.2. The summed E-state index contributed by atoms with van der Waals surface area (Å²) >= 11 is 0. The smallest absolute Gasteiger partial charge is 0.373 e. The second-order valence-corrected chi connectivity index (χ2v) is 7.66. The molecule has 0 aliphatic rings. The third kappa shape index (κ3) is 7.44. The van der Waals surface area contributed by atoms with Crippen LogP contribution in [-0.2, 0) is 19.3 Å². The summed E-state index contributed by atoms with van der Waals surface area (Å²) < 4.78 is 42.4. The number of hydrogen-bond donors (Lipinski definition) is 0. The number of hydrogen-bond acceptors (Lipinski definition) is 3. The Morgan fingerprint density at radius 1 is 0.909 bits per heavy atom. The van der Waals surface area contributed by atoms with Crippen LogP contribution >= 0.6 is 0 Å². The molecule has 1 aromatic carbocycles. The number of benzene rings is 1. The van der Waals surface area contributed by atoms with Gasteiger partial charge in [0.15, 0.2) is 0 Å². The molecule has 0 aliphatic carbocycles. The molecule has 0 heterocycles. The van der Waals surface area contributed by atoms with Crippen molar-refractivity contribution in [1.29, 1.82) is 0 Å². The third-order valence-electron chi connectivity index (χ3n) is 2.97. The van der Waals surface area contributed by atoms with Crippen molar-refractivity contribution in [3.05, 3.63) is 35.9 Å². The molecule has 0 amide bonds. The van der Waals surface area contributed by atoms with Crippen LogP contribution in [0.1, 0.15) is 38.7 Å². The Balaban J connectivity index is 2.80. The molecule has 0 N–H and O–H groups in total. The van der Waals surface area contributed by atoms with Gasteiger partial charge in [-0.2, -0.15) is 0 Å². The minimum atomic E-state index is -2.98. The average molecular weight is 332 g/mol. The van der Waals surface area contributed by atoms with Gasteiger partial charge in [-0.1, -0.05) is 44.2 Å². The minimum absolute atomic E-state index is 0.0375. The van der Waals surface area contributed by atoms with E-state index in [1.54, 1.807) is 0 Å². The molecule has 3 nitrogen and oxygen atoms in total. The molecule has 126 valence electrons. The van der Waals surface area contributed by atoms with Crippen molar-refractivity contribution in [3.63, 3.8) is 0 Å². The molecule has 0 saturated carbocycles. The third-order valence-corrected chi connectivity index (χ3v) is 5.75. The summed E-state index contributed by atoms with van der Waals surface area (Å²) in [6.07, 6.45) is -1.01. The number of rotatable bonds is 12. The van der Waals surface area contributed by atoms with Crippen LogP contribution in [0.2, 0.25) is 0 Å². The molecule has 22 heavy (non-hydrogen) atoms. The van der Waals surface area contributed by atoms with Gasteiger partial charge in [-0.15, -0.1) is 0 Å². The van der Waals surface area contributed by atoms with Crippen molar-refractivity contribution in [3.8, 4) is 0 Å². The molecule has 0 radical (unpaired) electrons. The first-order valence-corrected chi connectivity index (χ1v) is 9.79.